The molecule has 2 atom stereocenters. The van der Waals surface area contributed by atoms with E-state index in [9.17, 15) is 4.39 Å². The fourth-order valence-corrected chi connectivity index (χ4v) is 2.05. The largest absolute Gasteiger partial charge is 0.497 e. The molecule has 0 spiro atoms. The first-order valence-electron chi connectivity index (χ1n) is 6.18. The molecule has 0 aliphatic carbocycles. The van der Waals surface area contributed by atoms with Crippen molar-refractivity contribution >= 4 is 0 Å². The molecule has 108 valence electrons. The van der Waals surface area contributed by atoms with Gasteiger partial charge in [0.15, 0.2) is 6.29 Å². The van der Waals surface area contributed by atoms with Gasteiger partial charge in [-0.05, 0) is 19.9 Å². The maximum absolute atomic E-state index is 13.9. The summed E-state index contributed by atoms with van der Waals surface area (Å²) in [7, 11) is 4.66. The second-order valence-corrected chi connectivity index (χ2v) is 4.40. The summed E-state index contributed by atoms with van der Waals surface area (Å²) < 4.78 is 29.2. The Bertz CT molecular complexity index is 396. The van der Waals surface area contributed by atoms with Crippen LogP contribution in [-0.2, 0) is 9.47 Å². The second kappa shape index (κ2) is 7.43. The van der Waals surface area contributed by atoms with Crippen LogP contribution in [0.2, 0.25) is 0 Å². The third-order valence-electron chi connectivity index (χ3n) is 3.06. The van der Waals surface area contributed by atoms with Crippen molar-refractivity contribution in [2.75, 3.05) is 21.3 Å². The number of halogens is 1. The first kappa shape index (κ1) is 15.9. The smallest absolute Gasteiger partial charge is 0.171 e. The van der Waals surface area contributed by atoms with Crippen molar-refractivity contribution in [1.82, 2.24) is 5.32 Å². The monoisotopic (exact) mass is 271 g/mol. The minimum absolute atomic E-state index is 0.0634. The summed E-state index contributed by atoms with van der Waals surface area (Å²) in [5.74, 6) is 0.214. The first-order valence-corrected chi connectivity index (χ1v) is 6.18. The van der Waals surface area contributed by atoms with E-state index in [1.165, 1.54) is 13.2 Å². The Kier molecular flexibility index (Phi) is 6.21. The van der Waals surface area contributed by atoms with Crippen LogP contribution in [0.25, 0.3) is 0 Å². The van der Waals surface area contributed by atoms with Gasteiger partial charge in [0, 0.05) is 31.9 Å². The Hall–Kier alpha value is -1.17. The van der Waals surface area contributed by atoms with Crippen molar-refractivity contribution in [3.8, 4) is 5.75 Å². The molecule has 0 saturated heterocycles. The molecule has 0 heterocycles. The number of ether oxygens (including phenoxy) is 3. The molecule has 0 aromatic heterocycles. The third kappa shape index (κ3) is 4.16. The summed E-state index contributed by atoms with van der Waals surface area (Å²) >= 11 is 0. The predicted molar refractivity (Wildman–Crippen MR) is 71.8 cm³/mol. The van der Waals surface area contributed by atoms with Gasteiger partial charge in [0.1, 0.15) is 11.6 Å². The Morgan fingerprint density at radius 2 is 1.74 bits per heavy atom. The van der Waals surface area contributed by atoms with Crippen molar-refractivity contribution in [3.05, 3.63) is 29.6 Å². The topological polar surface area (TPSA) is 39.7 Å². The molecule has 4 nitrogen and oxygen atoms in total. The van der Waals surface area contributed by atoms with E-state index in [1.54, 1.807) is 26.4 Å². The summed E-state index contributed by atoms with van der Waals surface area (Å²) in [5.41, 5.74) is 0.582. The molecule has 0 saturated carbocycles. The SMILES string of the molecule is COc1ccc(C(C)NC(C)C(OC)OC)c(F)c1. The second-order valence-electron chi connectivity index (χ2n) is 4.40. The summed E-state index contributed by atoms with van der Waals surface area (Å²) in [6.07, 6.45) is -0.372. The van der Waals surface area contributed by atoms with E-state index in [-0.39, 0.29) is 24.2 Å². The maximum Gasteiger partial charge on any atom is 0.171 e. The van der Waals surface area contributed by atoms with Crippen LogP contribution in [0.15, 0.2) is 18.2 Å². The van der Waals surface area contributed by atoms with Crippen LogP contribution in [0.1, 0.15) is 25.5 Å². The van der Waals surface area contributed by atoms with Crippen LogP contribution < -0.4 is 10.1 Å². The molecular weight excluding hydrogens is 249 g/mol. The van der Waals surface area contributed by atoms with Gasteiger partial charge in [-0.15, -0.1) is 0 Å². The highest BCUT2D eigenvalue weighted by Gasteiger charge is 2.20. The van der Waals surface area contributed by atoms with E-state index < -0.39 is 0 Å². The zero-order valence-corrected chi connectivity index (χ0v) is 12.1. The van der Waals surface area contributed by atoms with Crippen molar-refractivity contribution < 1.29 is 18.6 Å². The van der Waals surface area contributed by atoms with E-state index in [2.05, 4.69) is 5.32 Å². The van der Waals surface area contributed by atoms with Crippen LogP contribution >= 0.6 is 0 Å². The quantitative estimate of drug-likeness (QED) is 0.773. The van der Waals surface area contributed by atoms with E-state index in [4.69, 9.17) is 14.2 Å². The molecule has 5 heteroatoms. The summed E-state index contributed by atoms with van der Waals surface area (Å²) in [4.78, 5) is 0. The third-order valence-corrected chi connectivity index (χ3v) is 3.06. The molecule has 0 aliphatic heterocycles. The molecule has 19 heavy (non-hydrogen) atoms. The molecule has 2 unspecified atom stereocenters. The molecule has 1 rings (SSSR count). The van der Waals surface area contributed by atoms with Crippen molar-refractivity contribution in [2.45, 2.75) is 32.2 Å². The van der Waals surface area contributed by atoms with Crippen LogP contribution in [0.4, 0.5) is 4.39 Å². The molecule has 1 aromatic carbocycles. The van der Waals surface area contributed by atoms with E-state index >= 15 is 0 Å². The summed E-state index contributed by atoms with van der Waals surface area (Å²) in [5, 5.41) is 3.25. The van der Waals surface area contributed by atoms with Gasteiger partial charge in [-0.25, -0.2) is 4.39 Å². The van der Waals surface area contributed by atoms with Gasteiger partial charge >= 0.3 is 0 Å². The van der Waals surface area contributed by atoms with Crippen LogP contribution in [0.3, 0.4) is 0 Å². The van der Waals surface area contributed by atoms with E-state index in [0.717, 1.165) is 0 Å². The minimum Gasteiger partial charge on any atom is -0.497 e. The highest BCUT2D eigenvalue weighted by molar-refractivity contribution is 5.30. The van der Waals surface area contributed by atoms with Gasteiger partial charge in [0.2, 0.25) is 0 Å². The van der Waals surface area contributed by atoms with Crippen LogP contribution in [0, 0.1) is 5.82 Å². The molecule has 1 aromatic rings. The normalized spacial score (nSPS) is 14.5. The fraction of sp³-hybridized carbons (Fsp3) is 0.571. The van der Waals surface area contributed by atoms with Gasteiger partial charge in [-0.3, -0.25) is 0 Å². The zero-order chi connectivity index (χ0) is 14.4. The number of hydrogen-bond donors (Lipinski definition) is 1. The van der Waals surface area contributed by atoms with E-state index in [1.807, 2.05) is 13.8 Å². The number of benzene rings is 1. The van der Waals surface area contributed by atoms with Crippen molar-refractivity contribution in [2.24, 2.45) is 0 Å². The van der Waals surface area contributed by atoms with Crippen LogP contribution in [0.5, 0.6) is 5.75 Å². The van der Waals surface area contributed by atoms with E-state index in [0.29, 0.717) is 11.3 Å². The lowest BCUT2D eigenvalue weighted by Crippen LogP contribution is -2.41. The standard InChI is InChI=1S/C14H22FNO3/c1-9(16-10(2)14(18-4)19-5)12-7-6-11(17-3)8-13(12)15/h6-10,14,16H,1-5H3. The number of nitrogens with one attached hydrogen (secondary N) is 1. The Balaban J connectivity index is 2.75. The lowest BCUT2D eigenvalue weighted by molar-refractivity contribution is -0.120. The summed E-state index contributed by atoms with van der Waals surface area (Å²) in [6, 6.07) is 4.61. The average molecular weight is 271 g/mol. The van der Waals surface area contributed by atoms with Gasteiger partial charge in [0.05, 0.1) is 13.2 Å². The number of hydrogen-bond acceptors (Lipinski definition) is 4. The van der Waals surface area contributed by atoms with Gasteiger partial charge in [-0.1, -0.05) is 6.07 Å². The fourth-order valence-electron chi connectivity index (χ4n) is 2.05. The number of methoxy groups -OCH3 is 3. The van der Waals surface area contributed by atoms with Gasteiger partial charge in [0.25, 0.3) is 0 Å². The molecule has 0 bridgehead atoms. The van der Waals surface area contributed by atoms with Crippen molar-refractivity contribution in [3.63, 3.8) is 0 Å². The lowest BCUT2D eigenvalue weighted by atomic mass is 10.1. The molecule has 0 radical (unpaired) electrons. The maximum atomic E-state index is 13.9. The minimum atomic E-state index is -0.372. The zero-order valence-electron chi connectivity index (χ0n) is 12.1. The van der Waals surface area contributed by atoms with Crippen molar-refractivity contribution in [1.29, 1.82) is 0 Å². The Labute approximate surface area is 113 Å². The summed E-state index contributed by atoms with van der Waals surface area (Å²) in [6.45, 7) is 3.82. The molecule has 1 N–H and O–H groups in total. The molecule has 0 amide bonds. The Morgan fingerprint density at radius 1 is 1.11 bits per heavy atom. The lowest BCUT2D eigenvalue weighted by Gasteiger charge is -2.26. The highest BCUT2D eigenvalue weighted by Crippen LogP contribution is 2.22. The predicted octanol–water partition coefficient (Wildman–Crippen LogP) is 2.49. The Morgan fingerprint density at radius 3 is 2.21 bits per heavy atom. The van der Waals surface area contributed by atoms with Gasteiger partial charge < -0.3 is 19.5 Å². The molecule has 0 aliphatic rings. The van der Waals surface area contributed by atoms with Crippen LogP contribution in [-0.4, -0.2) is 33.7 Å². The van der Waals surface area contributed by atoms with Gasteiger partial charge in [-0.2, -0.15) is 0 Å². The average Bonchev–Trinajstić information content (AvgIpc) is 2.39. The molecular formula is C14H22FNO3. The number of rotatable bonds is 7. The highest BCUT2D eigenvalue weighted by atomic mass is 19.1. The molecule has 0 fully saturated rings. The first-order chi connectivity index (χ1) is 9.03.